The third-order valence-corrected chi connectivity index (χ3v) is 11.7. The molecular weight excluding hydrogens is 637 g/mol. The molecule has 0 bridgehead atoms. The molecule has 51 heavy (non-hydrogen) atoms. The van der Waals surface area contributed by atoms with Crippen molar-refractivity contribution in [2.45, 2.75) is 32.4 Å². The summed E-state index contributed by atoms with van der Waals surface area (Å²) in [5.41, 5.74) is 10.8. The summed E-state index contributed by atoms with van der Waals surface area (Å²) in [5.74, 6) is -0.410. The molecule has 0 unspecified atom stereocenters. The van der Waals surface area contributed by atoms with Gasteiger partial charge in [-0.3, -0.25) is 4.57 Å². The maximum atomic E-state index is 5.80. The van der Waals surface area contributed by atoms with E-state index in [1.165, 1.54) is 10.8 Å². The molecule has 4 nitrogen and oxygen atoms in total. The summed E-state index contributed by atoms with van der Waals surface area (Å²) >= 11 is 0. The predicted molar refractivity (Wildman–Crippen MR) is 216 cm³/mol. The van der Waals surface area contributed by atoms with Crippen LogP contribution in [0.1, 0.15) is 22.3 Å². The van der Waals surface area contributed by atoms with Crippen molar-refractivity contribution >= 4 is 24.7 Å². The lowest BCUT2D eigenvalue weighted by molar-refractivity contribution is 0.409. The number of aliphatic imine (C=N–C) groups is 2. The molecule has 6 aromatic carbocycles. The van der Waals surface area contributed by atoms with Gasteiger partial charge in [-0.1, -0.05) is 200 Å². The molecule has 1 aromatic heterocycles. The third-order valence-electron chi connectivity index (χ3n) is 9.59. The predicted octanol–water partition coefficient (Wildman–Crippen LogP) is 10.4. The van der Waals surface area contributed by atoms with Gasteiger partial charge in [-0.15, -0.1) is 0 Å². The van der Waals surface area contributed by atoms with E-state index in [1.54, 1.807) is 0 Å². The molecule has 0 saturated carbocycles. The highest BCUT2D eigenvalue weighted by atomic mass is 28.3. The number of rotatable bonds is 8. The van der Waals surface area contributed by atoms with Gasteiger partial charge in [-0.05, 0) is 6.92 Å². The summed E-state index contributed by atoms with van der Waals surface area (Å²) in [6.07, 6.45) is 0. The largest absolute Gasteiger partial charge is 0.275 e. The van der Waals surface area contributed by atoms with E-state index < -0.39 is 13.9 Å². The minimum absolute atomic E-state index is 0.810. The molecule has 2 heterocycles. The van der Waals surface area contributed by atoms with Gasteiger partial charge >= 0.3 is 0 Å². The lowest BCUT2D eigenvalue weighted by Gasteiger charge is -2.30. The van der Waals surface area contributed by atoms with E-state index in [2.05, 4.69) is 189 Å². The first-order valence-electron chi connectivity index (χ1n) is 17.5. The second-order valence-corrected chi connectivity index (χ2v) is 19.3. The number of nitrogens with zero attached hydrogens (tertiary/aromatic N) is 4. The number of hydrogen-bond donors (Lipinski definition) is 0. The molecule has 0 spiro atoms. The van der Waals surface area contributed by atoms with Gasteiger partial charge < -0.3 is 0 Å². The molecule has 248 valence electrons. The van der Waals surface area contributed by atoms with Crippen LogP contribution in [0.3, 0.4) is 0 Å². The smallest absolute Gasteiger partial charge is 0.261 e. The molecule has 7 aromatic rings. The van der Waals surface area contributed by atoms with Crippen LogP contribution in [0.4, 0.5) is 0 Å². The van der Waals surface area contributed by atoms with Crippen molar-refractivity contribution in [3.8, 4) is 33.9 Å². The lowest BCUT2D eigenvalue weighted by atomic mass is 10.0. The summed E-state index contributed by atoms with van der Waals surface area (Å²) in [5, 5.41) is 1.40. The number of hydrogen-bond acceptors (Lipinski definition) is 3. The molecule has 0 N–H and O–H groups in total. The molecule has 1 aliphatic heterocycles. The molecule has 0 atom stereocenters. The number of aromatic nitrogens is 2. The summed E-state index contributed by atoms with van der Waals surface area (Å²) < 4.78 is 2.30. The van der Waals surface area contributed by atoms with Gasteiger partial charge in [0.1, 0.15) is 5.82 Å². The van der Waals surface area contributed by atoms with Crippen LogP contribution in [0.2, 0.25) is 19.6 Å². The zero-order valence-electron chi connectivity index (χ0n) is 29.5. The van der Waals surface area contributed by atoms with Crippen LogP contribution in [0, 0.1) is 6.92 Å². The van der Waals surface area contributed by atoms with Gasteiger partial charge in [-0.2, -0.15) is 0 Å². The number of benzene rings is 6. The van der Waals surface area contributed by atoms with Crippen LogP contribution in [0.5, 0.6) is 0 Å². The lowest BCUT2D eigenvalue weighted by Crippen LogP contribution is -2.37. The summed E-state index contributed by atoms with van der Waals surface area (Å²) in [6, 6.07) is 59.6. The normalized spacial score (nSPS) is 13.9. The molecule has 5 heteroatoms. The number of aryl methyl sites for hydroxylation is 1. The molecule has 0 saturated heterocycles. The van der Waals surface area contributed by atoms with Crippen LogP contribution < -0.4 is 5.19 Å². The Morgan fingerprint density at radius 1 is 0.471 bits per heavy atom. The van der Waals surface area contributed by atoms with Crippen molar-refractivity contribution in [1.29, 1.82) is 0 Å². The molecule has 0 fully saturated rings. The maximum absolute atomic E-state index is 5.80. The minimum Gasteiger partial charge on any atom is -0.275 e. The van der Waals surface area contributed by atoms with Crippen LogP contribution in [-0.2, 0) is 5.79 Å². The molecule has 1 aliphatic rings. The average Bonchev–Trinajstić information content (AvgIpc) is 3.78. The Hall–Kier alpha value is -5.91. The summed E-state index contributed by atoms with van der Waals surface area (Å²) in [4.78, 5) is 17.2. The van der Waals surface area contributed by atoms with Crippen molar-refractivity contribution in [2.24, 2.45) is 9.98 Å². The van der Waals surface area contributed by atoms with E-state index in [9.17, 15) is 0 Å². The van der Waals surface area contributed by atoms with Crippen molar-refractivity contribution in [2.75, 3.05) is 0 Å². The van der Waals surface area contributed by atoms with E-state index in [0.717, 1.165) is 62.0 Å². The highest BCUT2D eigenvalue weighted by Gasteiger charge is 2.45. The fraction of sp³-hybridized carbons (Fsp3) is 0.109. The Morgan fingerprint density at radius 2 is 0.922 bits per heavy atom. The monoisotopic (exact) mass is 676 g/mol. The molecule has 0 radical (unpaired) electrons. The van der Waals surface area contributed by atoms with E-state index in [0.29, 0.717) is 0 Å². The van der Waals surface area contributed by atoms with Crippen molar-refractivity contribution in [3.05, 3.63) is 192 Å². The third kappa shape index (κ3) is 6.00. The zero-order chi connectivity index (χ0) is 35.0. The van der Waals surface area contributed by atoms with Crippen LogP contribution in [0.15, 0.2) is 180 Å². The van der Waals surface area contributed by atoms with Gasteiger partial charge in [0.25, 0.3) is 5.79 Å². The van der Waals surface area contributed by atoms with Gasteiger partial charge in [-0.25, -0.2) is 15.0 Å². The molecule has 8 rings (SSSR count). The average molecular weight is 677 g/mol. The van der Waals surface area contributed by atoms with Crippen molar-refractivity contribution < 1.29 is 0 Å². The Kier molecular flexibility index (Phi) is 8.29. The topological polar surface area (TPSA) is 42.5 Å². The zero-order valence-corrected chi connectivity index (χ0v) is 30.5. The second kappa shape index (κ2) is 13.1. The van der Waals surface area contributed by atoms with Gasteiger partial charge in [0.05, 0.1) is 30.9 Å². The standard InChI is InChI=1S/C46H40N4Si/c1-33-25-29-39(30-26-33)46(48-41(34-17-9-5-10-18-34)42(49-46)35-19-11-6-12-20-35)50-44(37-23-15-8-16-24-37)43(36-21-13-7-14-22-36)47-45(50)38-27-31-40(32-28-38)51(2,3)4/h5-32H,1-4H3. The Balaban J connectivity index is 1.54. The minimum atomic E-state index is -1.54. The first-order chi connectivity index (χ1) is 24.8. The molecule has 0 aliphatic carbocycles. The Bertz CT molecular complexity index is 2300. The van der Waals surface area contributed by atoms with Crippen LogP contribution in [-0.4, -0.2) is 29.0 Å². The first kappa shape index (κ1) is 32.3. The van der Waals surface area contributed by atoms with Crippen molar-refractivity contribution in [3.63, 3.8) is 0 Å². The van der Waals surface area contributed by atoms with E-state index >= 15 is 0 Å². The van der Waals surface area contributed by atoms with Gasteiger partial charge in [0, 0.05) is 33.4 Å². The first-order valence-corrected chi connectivity index (χ1v) is 21.0. The SMILES string of the molecule is Cc1ccc(C2(n3c(-c4ccc([Si](C)(C)C)cc4)nc(-c4ccccc4)c3-c3ccccc3)N=C(c3ccccc3)C(c3ccccc3)=N2)cc1. The van der Waals surface area contributed by atoms with E-state index in [1.807, 2.05) is 12.1 Å². The fourth-order valence-electron chi connectivity index (χ4n) is 6.87. The van der Waals surface area contributed by atoms with E-state index in [-0.39, 0.29) is 0 Å². The molecular formula is C46H40N4Si. The van der Waals surface area contributed by atoms with Crippen LogP contribution in [0.25, 0.3) is 33.9 Å². The van der Waals surface area contributed by atoms with Crippen molar-refractivity contribution in [1.82, 2.24) is 9.55 Å². The highest BCUT2D eigenvalue weighted by Crippen LogP contribution is 2.46. The highest BCUT2D eigenvalue weighted by molar-refractivity contribution is 6.88. The quantitative estimate of drug-likeness (QED) is 0.148. The van der Waals surface area contributed by atoms with E-state index in [4.69, 9.17) is 15.0 Å². The second-order valence-electron chi connectivity index (χ2n) is 14.2. The van der Waals surface area contributed by atoms with Crippen LogP contribution >= 0.6 is 0 Å². The summed E-state index contributed by atoms with van der Waals surface area (Å²) in [7, 11) is -1.54. The van der Waals surface area contributed by atoms with Gasteiger partial charge in [0.15, 0.2) is 0 Å². The molecule has 0 amide bonds. The van der Waals surface area contributed by atoms with Gasteiger partial charge in [0.2, 0.25) is 0 Å². The summed E-state index contributed by atoms with van der Waals surface area (Å²) in [6.45, 7) is 9.27. The Morgan fingerprint density at radius 3 is 1.39 bits per heavy atom. The Labute approximate surface area is 301 Å². The number of imidazole rings is 1. The maximum Gasteiger partial charge on any atom is 0.261 e. The fourth-order valence-corrected chi connectivity index (χ4v) is 8.04.